The molecule has 0 radical (unpaired) electrons. The van der Waals surface area contributed by atoms with Gasteiger partial charge in [0.2, 0.25) is 0 Å². The number of fused-ring (bicyclic) bond motifs is 1. The van der Waals surface area contributed by atoms with E-state index in [1.165, 1.54) is 4.68 Å². The Morgan fingerprint density at radius 2 is 1.90 bits per heavy atom. The van der Waals surface area contributed by atoms with Gasteiger partial charge in [-0.3, -0.25) is 14.5 Å². The first-order valence-electron chi connectivity index (χ1n) is 10.4. The minimum Gasteiger partial charge on any atom is -0.497 e. The summed E-state index contributed by atoms with van der Waals surface area (Å²) in [6.07, 6.45) is 0.833. The van der Waals surface area contributed by atoms with Crippen LogP contribution >= 0.6 is 0 Å². The maximum absolute atomic E-state index is 13.1. The molecule has 8 nitrogen and oxygen atoms in total. The second-order valence-electron chi connectivity index (χ2n) is 7.38. The number of amides is 1. The SMILES string of the molecule is COc1cccc(-n2nc(C(=O)NCCCN3CCOCC3)c3ccccc3c2=O)c1. The maximum Gasteiger partial charge on any atom is 0.279 e. The Morgan fingerprint density at radius 1 is 1.13 bits per heavy atom. The predicted molar refractivity (Wildman–Crippen MR) is 118 cm³/mol. The van der Waals surface area contributed by atoms with Crippen LogP contribution in [0.1, 0.15) is 16.9 Å². The molecular formula is C23H26N4O4. The molecule has 0 aliphatic carbocycles. The van der Waals surface area contributed by atoms with Gasteiger partial charge in [-0.15, -0.1) is 0 Å². The van der Waals surface area contributed by atoms with E-state index in [9.17, 15) is 9.59 Å². The van der Waals surface area contributed by atoms with Crippen molar-refractivity contribution in [3.63, 3.8) is 0 Å². The van der Waals surface area contributed by atoms with Gasteiger partial charge in [-0.25, -0.2) is 0 Å². The minimum absolute atomic E-state index is 0.226. The van der Waals surface area contributed by atoms with Crippen molar-refractivity contribution in [2.45, 2.75) is 6.42 Å². The summed E-state index contributed by atoms with van der Waals surface area (Å²) in [7, 11) is 1.56. The van der Waals surface area contributed by atoms with Crippen molar-refractivity contribution in [1.29, 1.82) is 0 Å². The number of nitrogens with one attached hydrogen (secondary N) is 1. The number of morpholine rings is 1. The number of hydrogen-bond donors (Lipinski definition) is 1. The van der Waals surface area contributed by atoms with E-state index in [0.29, 0.717) is 28.8 Å². The molecule has 1 aliphatic rings. The smallest absolute Gasteiger partial charge is 0.279 e. The number of carbonyl (C=O) groups excluding carboxylic acids is 1. The van der Waals surface area contributed by atoms with Crippen LogP contribution in [0.5, 0.6) is 5.75 Å². The Balaban J connectivity index is 1.58. The molecule has 0 atom stereocenters. The third kappa shape index (κ3) is 4.76. The normalized spacial score (nSPS) is 14.5. The van der Waals surface area contributed by atoms with E-state index in [2.05, 4.69) is 15.3 Å². The number of benzene rings is 2. The van der Waals surface area contributed by atoms with Gasteiger partial charge in [0.15, 0.2) is 5.69 Å². The molecule has 4 rings (SSSR count). The van der Waals surface area contributed by atoms with Gasteiger partial charge in [0.1, 0.15) is 5.75 Å². The van der Waals surface area contributed by atoms with E-state index in [1.54, 1.807) is 55.6 Å². The van der Waals surface area contributed by atoms with Crippen molar-refractivity contribution < 1.29 is 14.3 Å². The molecule has 1 aliphatic heterocycles. The molecule has 1 saturated heterocycles. The van der Waals surface area contributed by atoms with Crippen LogP contribution in [0.25, 0.3) is 16.5 Å². The highest BCUT2D eigenvalue weighted by Crippen LogP contribution is 2.18. The minimum atomic E-state index is -0.296. The average Bonchev–Trinajstić information content (AvgIpc) is 2.83. The first-order chi connectivity index (χ1) is 15.2. The molecule has 0 bridgehead atoms. The molecule has 0 saturated carbocycles. The maximum atomic E-state index is 13.1. The van der Waals surface area contributed by atoms with Crippen LogP contribution in [0.4, 0.5) is 0 Å². The molecule has 0 unspecified atom stereocenters. The number of methoxy groups -OCH3 is 1. The summed E-state index contributed by atoms with van der Waals surface area (Å²) in [4.78, 5) is 28.4. The van der Waals surface area contributed by atoms with E-state index >= 15 is 0 Å². The number of aromatic nitrogens is 2. The molecule has 31 heavy (non-hydrogen) atoms. The highest BCUT2D eigenvalue weighted by molar-refractivity contribution is 6.04. The summed E-state index contributed by atoms with van der Waals surface area (Å²) in [5, 5.41) is 8.36. The van der Waals surface area contributed by atoms with Crippen LogP contribution < -0.4 is 15.6 Å². The summed E-state index contributed by atoms with van der Waals surface area (Å²) in [6.45, 7) is 4.80. The number of nitrogens with zero attached hydrogens (tertiary/aromatic N) is 3. The Hall–Kier alpha value is -3.23. The number of rotatable bonds is 7. The Morgan fingerprint density at radius 3 is 2.68 bits per heavy atom. The van der Waals surface area contributed by atoms with Crippen LogP contribution in [0.2, 0.25) is 0 Å². The standard InChI is InChI=1S/C23H26N4O4/c1-30-18-7-4-6-17(16-18)27-23(29)20-9-3-2-8-19(20)21(25-27)22(28)24-10-5-11-26-12-14-31-15-13-26/h2-4,6-9,16H,5,10-15H2,1H3,(H,24,28). The van der Waals surface area contributed by atoms with Crippen LogP contribution in [0, 0.1) is 0 Å². The summed E-state index contributed by atoms with van der Waals surface area (Å²) in [5.74, 6) is 0.309. The van der Waals surface area contributed by atoms with Crippen molar-refractivity contribution >= 4 is 16.7 Å². The second kappa shape index (κ2) is 9.72. The van der Waals surface area contributed by atoms with Crippen LogP contribution in [0.15, 0.2) is 53.3 Å². The first kappa shape index (κ1) is 21.0. The summed E-state index contributed by atoms with van der Waals surface area (Å²) in [6, 6.07) is 14.1. The number of carbonyl (C=O) groups is 1. The van der Waals surface area contributed by atoms with Gasteiger partial charge < -0.3 is 14.8 Å². The quantitative estimate of drug-likeness (QED) is 0.585. The van der Waals surface area contributed by atoms with E-state index in [0.717, 1.165) is 39.3 Å². The van der Waals surface area contributed by atoms with Gasteiger partial charge in [0, 0.05) is 31.1 Å². The molecule has 1 amide bonds. The van der Waals surface area contributed by atoms with E-state index in [4.69, 9.17) is 9.47 Å². The Kier molecular flexibility index (Phi) is 6.59. The molecule has 1 fully saturated rings. The Labute approximate surface area is 180 Å². The van der Waals surface area contributed by atoms with Gasteiger partial charge in [-0.05, 0) is 31.2 Å². The van der Waals surface area contributed by atoms with Gasteiger partial charge >= 0.3 is 0 Å². The molecule has 162 valence electrons. The van der Waals surface area contributed by atoms with Crippen LogP contribution in [-0.2, 0) is 4.74 Å². The van der Waals surface area contributed by atoms with Crippen molar-refractivity contribution in [3.05, 3.63) is 64.6 Å². The van der Waals surface area contributed by atoms with Gasteiger partial charge in [0.05, 0.1) is 31.4 Å². The zero-order valence-electron chi connectivity index (χ0n) is 17.5. The van der Waals surface area contributed by atoms with Crippen molar-refractivity contribution in [3.8, 4) is 11.4 Å². The zero-order chi connectivity index (χ0) is 21.6. The summed E-state index contributed by atoms with van der Waals surface area (Å²) in [5.41, 5.74) is 0.480. The second-order valence-corrected chi connectivity index (χ2v) is 7.38. The number of hydrogen-bond acceptors (Lipinski definition) is 6. The largest absolute Gasteiger partial charge is 0.497 e. The van der Waals surface area contributed by atoms with E-state index < -0.39 is 0 Å². The molecule has 1 N–H and O–H groups in total. The highest BCUT2D eigenvalue weighted by Gasteiger charge is 2.18. The first-order valence-corrected chi connectivity index (χ1v) is 10.4. The molecule has 2 heterocycles. The highest BCUT2D eigenvalue weighted by atomic mass is 16.5. The Bertz CT molecular complexity index is 1120. The third-order valence-electron chi connectivity index (χ3n) is 5.36. The van der Waals surface area contributed by atoms with Crippen LogP contribution in [-0.4, -0.2) is 67.1 Å². The monoisotopic (exact) mass is 422 g/mol. The topological polar surface area (TPSA) is 85.7 Å². The lowest BCUT2D eigenvalue weighted by atomic mass is 10.1. The van der Waals surface area contributed by atoms with E-state index in [-0.39, 0.29) is 17.2 Å². The zero-order valence-corrected chi connectivity index (χ0v) is 17.5. The van der Waals surface area contributed by atoms with Gasteiger partial charge in [0.25, 0.3) is 11.5 Å². The average molecular weight is 422 g/mol. The van der Waals surface area contributed by atoms with Gasteiger partial charge in [-0.2, -0.15) is 9.78 Å². The fourth-order valence-corrected chi connectivity index (χ4v) is 3.69. The van der Waals surface area contributed by atoms with E-state index in [1.807, 2.05) is 0 Å². The molecule has 0 spiro atoms. The molecule has 3 aromatic rings. The molecule has 8 heteroatoms. The summed E-state index contributed by atoms with van der Waals surface area (Å²) < 4.78 is 11.9. The van der Waals surface area contributed by atoms with Crippen molar-refractivity contribution in [2.75, 3.05) is 46.5 Å². The predicted octanol–water partition coefficient (Wildman–Crippen LogP) is 1.85. The van der Waals surface area contributed by atoms with Crippen molar-refractivity contribution in [1.82, 2.24) is 20.0 Å². The number of ether oxygens (including phenoxy) is 2. The third-order valence-corrected chi connectivity index (χ3v) is 5.36. The summed E-state index contributed by atoms with van der Waals surface area (Å²) >= 11 is 0. The lowest BCUT2D eigenvalue weighted by Crippen LogP contribution is -2.38. The molecule has 1 aromatic heterocycles. The fraction of sp³-hybridized carbons (Fsp3) is 0.348. The lowest BCUT2D eigenvalue weighted by molar-refractivity contribution is 0.0374. The fourth-order valence-electron chi connectivity index (χ4n) is 3.69. The molecule has 2 aromatic carbocycles. The van der Waals surface area contributed by atoms with Crippen LogP contribution in [0.3, 0.4) is 0 Å². The lowest BCUT2D eigenvalue weighted by Gasteiger charge is -2.26. The van der Waals surface area contributed by atoms with Crippen molar-refractivity contribution in [2.24, 2.45) is 0 Å². The van der Waals surface area contributed by atoms with Gasteiger partial charge in [-0.1, -0.05) is 24.3 Å². The molecular weight excluding hydrogens is 396 g/mol.